The lowest BCUT2D eigenvalue weighted by Crippen LogP contribution is -2.33. The SMILES string of the molecule is COc1cccc(S(=O)(=O)Nc2ccc(-c3ccc(N4CCC(C)CC4)nn3)cc2)c1. The van der Waals surface area contributed by atoms with Gasteiger partial charge in [-0.05, 0) is 55.2 Å². The lowest BCUT2D eigenvalue weighted by Gasteiger charge is -2.30. The fraction of sp³-hybridized carbons (Fsp3) is 0.304. The van der Waals surface area contributed by atoms with Crippen LogP contribution in [-0.4, -0.2) is 38.8 Å². The second-order valence-corrected chi connectivity index (χ2v) is 9.49. The molecule has 2 aromatic carbocycles. The first-order valence-corrected chi connectivity index (χ1v) is 11.8. The highest BCUT2D eigenvalue weighted by Crippen LogP contribution is 2.25. The fourth-order valence-corrected chi connectivity index (χ4v) is 4.67. The Morgan fingerprint density at radius 2 is 1.74 bits per heavy atom. The molecule has 1 aliphatic rings. The standard InChI is InChI=1S/C23H26N4O3S/c1-17-12-14-27(15-13-17)23-11-10-22(24-25-23)18-6-8-19(9-7-18)26-31(28,29)21-5-3-4-20(16-21)30-2/h3-11,16-17,26H,12-15H2,1-2H3. The first-order valence-electron chi connectivity index (χ1n) is 10.3. The zero-order valence-electron chi connectivity index (χ0n) is 17.7. The molecule has 0 aliphatic carbocycles. The van der Waals surface area contributed by atoms with Crippen molar-refractivity contribution in [2.75, 3.05) is 29.8 Å². The van der Waals surface area contributed by atoms with Crippen LogP contribution in [0.1, 0.15) is 19.8 Å². The van der Waals surface area contributed by atoms with Crippen LogP contribution >= 0.6 is 0 Å². The number of methoxy groups -OCH3 is 1. The van der Waals surface area contributed by atoms with Gasteiger partial charge in [0.2, 0.25) is 0 Å². The van der Waals surface area contributed by atoms with Crippen LogP contribution in [0, 0.1) is 5.92 Å². The molecule has 0 spiro atoms. The molecule has 31 heavy (non-hydrogen) atoms. The number of hydrogen-bond donors (Lipinski definition) is 1. The Morgan fingerprint density at radius 3 is 2.39 bits per heavy atom. The van der Waals surface area contributed by atoms with Crippen LogP contribution in [0.5, 0.6) is 5.75 Å². The smallest absolute Gasteiger partial charge is 0.262 e. The Morgan fingerprint density at radius 1 is 1.00 bits per heavy atom. The quantitative estimate of drug-likeness (QED) is 0.621. The van der Waals surface area contributed by atoms with Crippen LogP contribution in [0.3, 0.4) is 0 Å². The van der Waals surface area contributed by atoms with Gasteiger partial charge in [-0.25, -0.2) is 8.42 Å². The van der Waals surface area contributed by atoms with Crippen LogP contribution in [0.25, 0.3) is 11.3 Å². The molecule has 0 amide bonds. The lowest BCUT2D eigenvalue weighted by atomic mass is 9.99. The monoisotopic (exact) mass is 438 g/mol. The molecule has 7 nitrogen and oxygen atoms in total. The molecule has 1 fully saturated rings. The van der Waals surface area contributed by atoms with Crippen molar-refractivity contribution in [1.29, 1.82) is 0 Å². The third kappa shape index (κ3) is 4.96. The first-order chi connectivity index (χ1) is 14.9. The predicted molar refractivity (Wildman–Crippen MR) is 122 cm³/mol. The van der Waals surface area contributed by atoms with Crippen molar-refractivity contribution >= 4 is 21.5 Å². The second-order valence-electron chi connectivity index (χ2n) is 7.81. The van der Waals surface area contributed by atoms with Gasteiger partial charge in [-0.2, -0.15) is 0 Å². The molecule has 3 aromatic rings. The molecule has 1 aromatic heterocycles. The third-order valence-corrected chi connectivity index (χ3v) is 6.92. The highest BCUT2D eigenvalue weighted by Gasteiger charge is 2.18. The van der Waals surface area contributed by atoms with E-state index in [1.165, 1.54) is 32.1 Å². The van der Waals surface area contributed by atoms with Crippen LogP contribution in [-0.2, 0) is 10.0 Å². The minimum absolute atomic E-state index is 0.143. The van der Waals surface area contributed by atoms with E-state index in [0.717, 1.165) is 36.1 Å². The Bertz CT molecular complexity index is 1120. The summed E-state index contributed by atoms with van der Waals surface area (Å²) in [4.78, 5) is 2.41. The van der Waals surface area contributed by atoms with E-state index in [1.807, 2.05) is 24.3 Å². The van der Waals surface area contributed by atoms with Gasteiger partial charge < -0.3 is 9.64 Å². The minimum atomic E-state index is -3.71. The molecule has 0 atom stereocenters. The number of anilines is 2. The molecule has 1 N–H and O–H groups in total. The molecule has 1 saturated heterocycles. The minimum Gasteiger partial charge on any atom is -0.497 e. The van der Waals surface area contributed by atoms with Crippen LogP contribution in [0.4, 0.5) is 11.5 Å². The van der Waals surface area contributed by atoms with E-state index in [2.05, 4.69) is 26.7 Å². The third-order valence-electron chi connectivity index (χ3n) is 5.54. The molecule has 0 saturated carbocycles. The maximum absolute atomic E-state index is 12.6. The number of aromatic nitrogens is 2. The number of benzene rings is 2. The van der Waals surface area contributed by atoms with Gasteiger partial charge in [0.05, 0.1) is 17.7 Å². The summed E-state index contributed by atoms with van der Waals surface area (Å²) in [7, 11) is -2.21. The summed E-state index contributed by atoms with van der Waals surface area (Å²) in [6, 6.07) is 17.4. The number of ether oxygens (including phenoxy) is 1. The number of nitrogens with zero attached hydrogens (tertiary/aromatic N) is 3. The number of sulfonamides is 1. The van der Waals surface area contributed by atoms with Crippen molar-refractivity contribution in [1.82, 2.24) is 10.2 Å². The number of piperidine rings is 1. The molecule has 0 bridgehead atoms. The van der Waals surface area contributed by atoms with Gasteiger partial charge in [0.15, 0.2) is 5.82 Å². The van der Waals surface area contributed by atoms with E-state index in [9.17, 15) is 8.42 Å². The van der Waals surface area contributed by atoms with E-state index in [-0.39, 0.29) is 4.90 Å². The van der Waals surface area contributed by atoms with Gasteiger partial charge in [0, 0.05) is 30.4 Å². The molecule has 4 rings (SSSR count). The number of hydrogen-bond acceptors (Lipinski definition) is 6. The largest absolute Gasteiger partial charge is 0.497 e. The number of nitrogens with one attached hydrogen (secondary N) is 1. The number of rotatable bonds is 6. The van der Waals surface area contributed by atoms with Gasteiger partial charge in [0.25, 0.3) is 10.0 Å². The zero-order valence-corrected chi connectivity index (χ0v) is 18.5. The molecule has 2 heterocycles. The van der Waals surface area contributed by atoms with Gasteiger partial charge in [0.1, 0.15) is 5.75 Å². The summed E-state index contributed by atoms with van der Waals surface area (Å²) in [5, 5.41) is 8.76. The van der Waals surface area contributed by atoms with Crippen molar-refractivity contribution in [2.24, 2.45) is 5.92 Å². The van der Waals surface area contributed by atoms with E-state index in [4.69, 9.17) is 4.74 Å². The normalized spacial score (nSPS) is 15.0. The maximum Gasteiger partial charge on any atom is 0.262 e. The summed E-state index contributed by atoms with van der Waals surface area (Å²) in [6.45, 7) is 4.31. The Labute approximate surface area is 183 Å². The highest BCUT2D eigenvalue weighted by molar-refractivity contribution is 7.92. The van der Waals surface area contributed by atoms with E-state index in [0.29, 0.717) is 11.4 Å². The maximum atomic E-state index is 12.6. The molecule has 0 unspecified atom stereocenters. The Balaban J connectivity index is 1.45. The lowest BCUT2D eigenvalue weighted by molar-refractivity contribution is 0.413. The average Bonchev–Trinajstić information content (AvgIpc) is 2.80. The molecule has 162 valence electrons. The predicted octanol–water partition coefficient (Wildman–Crippen LogP) is 4.19. The molecule has 8 heteroatoms. The second kappa shape index (κ2) is 8.93. The Kier molecular flexibility index (Phi) is 6.08. The van der Waals surface area contributed by atoms with Gasteiger partial charge >= 0.3 is 0 Å². The molecular weight excluding hydrogens is 412 g/mol. The van der Waals surface area contributed by atoms with Crippen LogP contribution in [0.15, 0.2) is 65.6 Å². The summed E-state index contributed by atoms with van der Waals surface area (Å²) < 4.78 is 33.0. The van der Waals surface area contributed by atoms with Crippen molar-refractivity contribution in [3.63, 3.8) is 0 Å². The molecular formula is C23H26N4O3S. The van der Waals surface area contributed by atoms with Crippen LogP contribution < -0.4 is 14.4 Å². The van der Waals surface area contributed by atoms with Crippen molar-refractivity contribution in [3.05, 3.63) is 60.7 Å². The van der Waals surface area contributed by atoms with Crippen molar-refractivity contribution in [3.8, 4) is 17.0 Å². The van der Waals surface area contributed by atoms with Crippen LogP contribution in [0.2, 0.25) is 0 Å². The van der Waals surface area contributed by atoms with Gasteiger partial charge in [-0.3, -0.25) is 4.72 Å². The average molecular weight is 439 g/mol. The first kappa shape index (κ1) is 21.1. The molecule has 1 aliphatic heterocycles. The fourth-order valence-electron chi connectivity index (χ4n) is 3.58. The summed E-state index contributed by atoms with van der Waals surface area (Å²) in [5.41, 5.74) is 2.09. The van der Waals surface area contributed by atoms with E-state index >= 15 is 0 Å². The van der Waals surface area contributed by atoms with Crippen molar-refractivity contribution in [2.45, 2.75) is 24.7 Å². The Hall–Kier alpha value is -3.13. The highest BCUT2D eigenvalue weighted by atomic mass is 32.2. The summed E-state index contributed by atoms with van der Waals surface area (Å²) >= 11 is 0. The topological polar surface area (TPSA) is 84.4 Å². The van der Waals surface area contributed by atoms with E-state index < -0.39 is 10.0 Å². The van der Waals surface area contributed by atoms with Gasteiger partial charge in [-0.1, -0.05) is 25.1 Å². The zero-order chi connectivity index (χ0) is 21.8. The van der Waals surface area contributed by atoms with Gasteiger partial charge in [-0.15, -0.1) is 10.2 Å². The summed E-state index contributed by atoms with van der Waals surface area (Å²) in [6.07, 6.45) is 2.35. The van der Waals surface area contributed by atoms with Crippen molar-refractivity contribution < 1.29 is 13.2 Å². The molecule has 0 radical (unpaired) electrons. The van der Waals surface area contributed by atoms with E-state index in [1.54, 1.807) is 24.3 Å². The summed E-state index contributed by atoms with van der Waals surface area (Å²) in [5.74, 6) is 2.15.